The number of carbonyl (C=O) groups excluding carboxylic acids is 2. The van der Waals surface area contributed by atoms with Crippen LogP contribution >= 0.6 is 23.6 Å². The molecule has 0 aliphatic carbocycles. The molecule has 2 heterocycles. The Morgan fingerprint density at radius 3 is 2.46 bits per heavy atom. The standard InChI is InChI=1S/C18H24N4O4S2/c1-7-22-11(4)12(8-19-22)10(3)20-18(27)21-15-13(16(23)25-5)9(2)14(28-15)17(24)26-6/h8,10H,7H2,1-6H3,(H2,20,21,27). The van der Waals surface area contributed by atoms with Gasteiger partial charge >= 0.3 is 11.9 Å². The molecule has 10 heteroatoms. The maximum Gasteiger partial charge on any atom is 0.348 e. The van der Waals surface area contributed by atoms with Gasteiger partial charge in [0.15, 0.2) is 5.11 Å². The Bertz CT molecular complexity index is 904. The number of carbonyl (C=O) groups is 2. The van der Waals surface area contributed by atoms with E-state index in [1.807, 2.05) is 31.6 Å². The van der Waals surface area contributed by atoms with Crippen molar-refractivity contribution in [3.05, 3.63) is 33.5 Å². The van der Waals surface area contributed by atoms with Gasteiger partial charge in [0.1, 0.15) is 9.88 Å². The molecule has 152 valence electrons. The minimum atomic E-state index is -0.553. The smallest absolute Gasteiger partial charge is 0.348 e. The second-order valence-corrected chi connectivity index (χ2v) is 7.49. The van der Waals surface area contributed by atoms with Crippen molar-refractivity contribution in [1.82, 2.24) is 15.1 Å². The number of nitrogens with zero attached hydrogens (tertiary/aromatic N) is 2. The first-order valence-electron chi connectivity index (χ1n) is 8.64. The summed E-state index contributed by atoms with van der Waals surface area (Å²) in [5.74, 6) is -1.07. The summed E-state index contributed by atoms with van der Waals surface area (Å²) in [5.41, 5.74) is 2.83. The van der Waals surface area contributed by atoms with Crippen LogP contribution in [-0.2, 0) is 16.0 Å². The summed E-state index contributed by atoms with van der Waals surface area (Å²) in [4.78, 5) is 24.5. The van der Waals surface area contributed by atoms with Crippen LogP contribution in [0.4, 0.5) is 5.00 Å². The number of rotatable bonds is 6. The molecule has 0 bridgehead atoms. The van der Waals surface area contributed by atoms with E-state index in [9.17, 15) is 9.59 Å². The van der Waals surface area contributed by atoms with E-state index in [-0.39, 0.29) is 11.6 Å². The first-order valence-corrected chi connectivity index (χ1v) is 9.87. The van der Waals surface area contributed by atoms with Crippen molar-refractivity contribution < 1.29 is 19.1 Å². The summed E-state index contributed by atoms with van der Waals surface area (Å²) < 4.78 is 11.5. The summed E-state index contributed by atoms with van der Waals surface area (Å²) in [6.45, 7) is 8.45. The third kappa shape index (κ3) is 4.33. The lowest BCUT2D eigenvalue weighted by Crippen LogP contribution is -2.31. The minimum absolute atomic E-state index is 0.0944. The average molecular weight is 425 g/mol. The molecule has 1 unspecified atom stereocenters. The van der Waals surface area contributed by atoms with Crippen LogP contribution in [0.15, 0.2) is 6.20 Å². The van der Waals surface area contributed by atoms with Gasteiger partial charge in [0.25, 0.3) is 0 Å². The van der Waals surface area contributed by atoms with Crippen LogP contribution in [0.5, 0.6) is 0 Å². The molecule has 0 aliphatic heterocycles. The van der Waals surface area contributed by atoms with Gasteiger partial charge in [0.2, 0.25) is 0 Å². The Kier molecular flexibility index (Phi) is 7.14. The lowest BCUT2D eigenvalue weighted by Gasteiger charge is -2.17. The molecule has 0 aromatic carbocycles. The number of aromatic nitrogens is 2. The summed E-state index contributed by atoms with van der Waals surface area (Å²) in [7, 11) is 2.58. The van der Waals surface area contributed by atoms with E-state index in [2.05, 4.69) is 15.7 Å². The number of thiophene rings is 1. The summed E-state index contributed by atoms with van der Waals surface area (Å²) in [6, 6.07) is -0.0944. The van der Waals surface area contributed by atoms with Crippen molar-refractivity contribution >= 4 is 45.6 Å². The second-order valence-electron chi connectivity index (χ2n) is 6.06. The Balaban J connectivity index is 2.24. The van der Waals surface area contributed by atoms with Crippen LogP contribution in [0.3, 0.4) is 0 Å². The number of thiocarbonyl (C=S) groups is 1. The molecule has 2 rings (SSSR count). The fourth-order valence-corrected chi connectivity index (χ4v) is 4.32. The molecular formula is C18H24N4O4S2. The van der Waals surface area contributed by atoms with Crippen LogP contribution in [0.25, 0.3) is 0 Å². The van der Waals surface area contributed by atoms with Crippen LogP contribution < -0.4 is 10.6 Å². The van der Waals surface area contributed by atoms with Crippen LogP contribution in [-0.4, -0.2) is 41.1 Å². The predicted octanol–water partition coefficient (Wildman–Crippen LogP) is 3.20. The van der Waals surface area contributed by atoms with Crippen LogP contribution in [0.1, 0.15) is 56.7 Å². The molecule has 0 fully saturated rings. The summed E-state index contributed by atoms with van der Waals surface area (Å²) >= 11 is 6.50. The van der Waals surface area contributed by atoms with Gasteiger partial charge in [-0.3, -0.25) is 4.68 Å². The molecule has 0 amide bonds. The van der Waals surface area contributed by atoms with Gasteiger partial charge < -0.3 is 20.1 Å². The van der Waals surface area contributed by atoms with Crippen molar-refractivity contribution in [3.63, 3.8) is 0 Å². The number of ether oxygens (including phenoxy) is 2. The van der Waals surface area contributed by atoms with E-state index in [0.29, 0.717) is 20.6 Å². The molecule has 2 N–H and O–H groups in total. The van der Waals surface area contributed by atoms with Gasteiger partial charge in [-0.05, 0) is 45.5 Å². The number of methoxy groups -OCH3 is 2. The Morgan fingerprint density at radius 2 is 1.93 bits per heavy atom. The molecule has 28 heavy (non-hydrogen) atoms. The molecular weight excluding hydrogens is 400 g/mol. The number of anilines is 1. The zero-order valence-electron chi connectivity index (χ0n) is 16.7. The van der Waals surface area contributed by atoms with E-state index in [1.165, 1.54) is 14.2 Å². The first-order chi connectivity index (χ1) is 13.2. The minimum Gasteiger partial charge on any atom is -0.465 e. The van der Waals surface area contributed by atoms with Gasteiger partial charge in [-0.1, -0.05) is 0 Å². The Morgan fingerprint density at radius 1 is 1.29 bits per heavy atom. The number of esters is 2. The largest absolute Gasteiger partial charge is 0.465 e. The number of hydrogen-bond acceptors (Lipinski definition) is 7. The van der Waals surface area contributed by atoms with E-state index >= 15 is 0 Å². The summed E-state index contributed by atoms with van der Waals surface area (Å²) in [5, 5.41) is 11.3. The van der Waals surface area contributed by atoms with Gasteiger partial charge in [0.05, 0.1) is 32.0 Å². The van der Waals surface area contributed by atoms with Crippen molar-refractivity contribution in [2.24, 2.45) is 0 Å². The van der Waals surface area contributed by atoms with Gasteiger partial charge in [-0.15, -0.1) is 11.3 Å². The van der Waals surface area contributed by atoms with Crippen molar-refractivity contribution in [1.29, 1.82) is 0 Å². The molecule has 0 spiro atoms. The van der Waals surface area contributed by atoms with Crippen molar-refractivity contribution in [2.45, 2.75) is 40.3 Å². The highest BCUT2D eigenvalue weighted by Crippen LogP contribution is 2.34. The third-order valence-corrected chi connectivity index (χ3v) is 5.80. The molecule has 0 radical (unpaired) electrons. The van der Waals surface area contributed by atoms with Crippen molar-refractivity contribution in [3.8, 4) is 0 Å². The average Bonchev–Trinajstić information content (AvgIpc) is 3.19. The maximum absolute atomic E-state index is 12.2. The lowest BCUT2D eigenvalue weighted by molar-refractivity contribution is 0.0601. The van der Waals surface area contributed by atoms with E-state index < -0.39 is 11.9 Å². The highest BCUT2D eigenvalue weighted by atomic mass is 32.1. The molecule has 2 aromatic heterocycles. The number of aryl methyl sites for hydroxylation is 1. The zero-order chi connectivity index (χ0) is 21.0. The number of nitrogens with one attached hydrogen (secondary N) is 2. The zero-order valence-corrected chi connectivity index (χ0v) is 18.3. The number of hydrogen-bond donors (Lipinski definition) is 2. The molecule has 8 nitrogen and oxygen atoms in total. The van der Waals surface area contributed by atoms with Gasteiger partial charge in [-0.25, -0.2) is 9.59 Å². The van der Waals surface area contributed by atoms with Crippen LogP contribution in [0.2, 0.25) is 0 Å². The molecule has 0 saturated carbocycles. The molecule has 0 aliphatic rings. The highest BCUT2D eigenvalue weighted by molar-refractivity contribution is 7.80. The topological polar surface area (TPSA) is 94.5 Å². The van der Waals surface area contributed by atoms with Crippen molar-refractivity contribution in [2.75, 3.05) is 19.5 Å². The first kappa shape index (κ1) is 21.8. The van der Waals surface area contributed by atoms with Crippen LogP contribution in [0, 0.1) is 13.8 Å². The quantitative estimate of drug-likeness (QED) is 0.539. The molecule has 2 aromatic rings. The third-order valence-electron chi connectivity index (χ3n) is 4.39. The molecule has 0 saturated heterocycles. The SMILES string of the molecule is CCn1ncc(C(C)NC(=S)Nc2sc(C(=O)OC)c(C)c2C(=O)OC)c1C. The normalized spacial score (nSPS) is 11.6. The highest BCUT2D eigenvalue weighted by Gasteiger charge is 2.26. The summed E-state index contributed by atoms with van der Waals surface area (Å²) in [6.07, 6.45) is 1.81. The van der Waals surface area contributed by atoms with E-state index in [4.69, 9.17) is 21.7 Å². The van der Waals surface area contributed by atoms with E-state index in [0.717, 1.165) is 29.1 Å². The van der Waals surface area contributed by atoms with Gasteiger partial charge in [-0.2, -0.15) is 5.10 Å². The predicted molar refractivity (Wildman–Crippen MR) is 112 cm³/mol. The van der Waals surface area contributed by atoms with Gasteiger partial charge in [0, 0.05) is 17.8 Å². The monoisotopic (exact) mass is 424 g/mol. The fraction of sp³-hybridized carbons (Fsp3) is 0.444. The Hall–Kier alpha value is -2.46. The fourth-order valence-electron chi connectivity index (χ4n) is 2.86. The maximum atomic E-state index is 12.2. The Labute approximate surface area is 173 Å². The van der Waals surface area contributed by atoms with E-state index in [1.54, 1.807) is 6.92 Å². The lowest BCUT2D eigenvalue weighted by atomic mass is 10.1. The second kappa shape index (κ2) is 9.16. The molecule has 1 atom stereocenters.